The minimum Gasteiger partial charge on any atom is -0.507 e. The van der Waals surface area contributed by atoms with Gasteiger partial charge in [0.25, 0.3) is 0 Å². The van der Waals surface area contributed by atoms with E-state index in [0.29, 0.717) is 127 Å². The van der Waals surface area contributed by atoms with Crippen LogP contribution in [0.15, 0.2) is 370 Å². The summed E-state index contributed by atoms with van der Waals surface area (Å²) in [4.78, 5) is 69.4. The fraction of sp³-hybridized carbons (Fsp3) is 0.0789. The van der Waals surface area contributed by atoms with Crippen LogP contribution in [0.5, 0.6) is 74.7 Å². The fourth-order valence-electron chi connectivity index (χ4n) is 14.5. The Balaban J connectivity index is 0.000000128. The van der Waals surface area contributed by atoms with E-state index < -0.39 is 0 Å². The Morgan fingerprint density at radius 1 is 0.155 bits per heavy atom. The van der Waals surface area contributed by atoms with Crippen LogP contribution < -0.4 is 37.9 Å². The highest BCUT2D eigenvalue weighted by Gasteiger charge is 2.23. The van der Waals surface area contributed by atoms with Crippen molar-refractivity contribution in [3.63, 3.8) is 0 Å². The second-order valence-corrected chi connectivity index (χ2v) is 31.1. The molecule has 0 spiro atoms. The maximum absolute atomic E-state index is 10.6. The molecule has 0 saturated carbocycles. The van der Waals surface area contributed by atoms with Gasteiger partial charge in [-0.15, -0.1) is 0 Å². The zero-order chi connectivity index (χ0) is 98.8. The molecule has 28 nitrogen and oxygen atoms in total. The quantitative estimate of drug-likeness (QED) is 0.0397. The third kappa shape index (κ3) is 23.4. The molecule has 15 aromatic carbocycles. The van der Waals surface area contributed by atoms with Gasteiger partial charge in [-0.05, 0) is 225 Å². The molecule has 0 amide bonds. The highest BCUT2D eigenvalue weighted by Crippen LogP contribution is 2.40. The number of phenols is 5. The molecule has 0 radical (unpaired) electrons. The minimum atomic E-state index is 0.0373. The molecular formula is C114H93N15O13. The normalized spacial score (nSPS) is 10.6. The fourth-order valence-corrected chi connectivity index (χ4v) is 14.5. The van der Waals surface area contributed by atoms with E-state index >= 15 is 0 Å². The first-order valence-electron chi connectivity index (χ1n) is 44.4. The number of ether oxygens (including phenoxy) is 8. The zero-order valence-corrected chi connectivity index (χ0v) is 78.4. The summed E-state index contributed by atoms with van der Waals surface area (Å²) in [6, 6.07) is 113. The van der Waals surface area contributed by atoms with Gasteiger partial charge in [0.05, 0.1) is 90.3 Å². The second-order valence-electron chi connectivity index (χ2n) is 31.1. The summed E-state index contributed by atoms with van der Waals surface area (Å²) in [5.41, 5.74) is 11.8. The first-order valence-corrected chi connectivity index (χ1v) is 44.4. The highest BCUT2D eigenvalue weighted by molar-refractivity contribution is 5.78. The van der Waals surface area contributed by atoms with E-state index in [-0.39, 0.29) is 28.7 Å². The Hall–Kier alpha value is -19.3. The first-order chi connectivity index (χ1) is 69.4. The number of hydrogen-bond donors (Lipinski definition) is 5. The summed E-state index contributed by atoms with van der Waals surface area (Å²) in [5, 5.41) is 51.8. The van der Waals surface area contributed by atoms with Crippen molar-refractivity contribution in [1.82, 2.24) is 74.8 Å². The van der Waals surface area contributed by atoms with Crippen LogP contribution in [-0.2, 0) is 0 Å². The lowest BCUT2D eigenvalue weighted by molar-refractivity contribution is 0.408. The zero-order valence-electron chi connectivity index (χ0n) is 78.4. The molecule has 0 aliphatic carbocycles. The lowest BCUT2D eigenvalue weighted by Crippen LogP contribution is -2.01. The molecule has 28 heteroatoms. The summed E-state index contributed by atoms with van der Waals surface area (Å²) in [6.45, 7) is 1.84. The van der Waals surface area contributed by atoms with Crippen molar-refractivity contribution in [2.45, 2.75) is 6.92 Å². The molecule has 0 aliphatic heterocycles. The van der Waals surface area contributed by atoms with Crippen molar-refractivity contribution in [3.8, 4) is 246 Å². The van der Waals surface area contributed by atoms with Crippen LogP contribution in [-0.4, -0.2) is 157 Å². The van der Waals surface area contributed by atoms with Gasteiger partial charge in [0.1, 0.15) is 74.7 Å². The molecule has 0 unspecified atom stereocenters. The van der Waals surface area contributed by atoms with Crippen molar-refractivity contribution < 1.29 is 63.4 Å². The largest absolute Gasteiger partial charge is 0.507 e. The summed E-state index contributed by atoms with van der Waals surface area (Å²) in [6.07, 6.45) is 0. The van der Waals surface area contributed by atoms with Crippen molar-refractivity contribution in [2.24, 2.45) is 0 Å². The van der Waals surface area contributed by atoms with Crippen molar-refractivity contribution in [2.75, 3.05) is 56.9 Å². The van der Waals surface area contributed by atoms with Crippen LogP contribution in [0.3, 0.4) is 0 Å². The molecule has 5 heterocycles. The monoisotopic (exact) mass is 1880 g/mol. The second kappa shape index (κ2) is 45.9. The predicted octanol–water partition coefficient (Wildman–Crippen LogP) is 23.3. The summed E-state index contributed by atoms with van der Waals surface area (Å²) in [5.74, 6) is 13.5. The molecule has 0 aliphatic rings. The smallest absolute Gasteiger partial charge is 0.167 e. The van der Waals surface area contributed by atoms with Crippen LogP contribution in [0.4, 0.5) is 0 Å². The number of aryl methyl sites for hydroxylation is 1. The number of nitrogens with zero attached hydrogens (tertiary/aromatic N) is 15. The average molecular weight is 1880 g/mol. The van der Waals surface area contributed by atoms with Crippen LogP contribution >= 0.6 is 0 Å². The Labute approximate surface area is 818 Å². The number of aromatic nitrogens is 15. The Morgan fingerprint density at radius 3 is 0.606 bits per heavy atom. The number of hydrogen-bond acceptors (Lipinski definition) is 28. The SMILES string of the molecule is COc1ccc(-c2nc(-c3ccc(OC)cc3)nc(-c3cccc(C)c3O)n2)cc1.COc1ccc(-c2nc(-c3ccc(OC)cc3)nc(-c3ccccc3O)n2)cc1.COc1ccc(-c2nc(-c3ccccc3)nc(-c3ccc(OC)cc3O)n2)cc1.COc1ccc(-c2nc(-c3ccccc3)nc(-c3ccccc3O)n2)cc1.COc1ccccc1-c1nc(-c2ccccc2)nc(-c2ccccc2O)n1. The number of methoxy groups -OCH3 is 8. The summed E-state index contributed by atoms with van der Waals surface area (Å²) >= 11 is 0. The van der Waals surface area contributed by atoms with Crippen molar-refractivity contribution in [3.05, 3.63) is 376 Å². The molecule has 5 aromatic heterocycles. The maximum atomic E-state index is 10.6. The Morgan fingerprint density at radius 2 is 0.352 bits per heavy atom. The van der Waals surface area contributed by atoms with Gasteiger partial charge in [0, 0.05) is 56.1 Å². The summed E-state index contributed by atoms with van der Waals surface area (Å²) in [7, 11) is 12.9. The Kier molecular flexibility index (Phi) is 31.0. The molecule has 702 valence electrons. The van der Waals surface area contributed by atoms with E-state index in [2.05, 4.69) is 74.8 Å². The summed E-state index contributed by atoms with van der Waals surface area (Å²) < 4.78 is 42.0. The molecular weight excluding hydrogens is 1790 g/mol. The number of rotatable bonds is 23. The molecule has 142 heavy (non-hydrogen) atoms. The highest BCUT2D eigenvalue weighted by atomic mass is 16.5. The number of para-hydroxylation sites is 5. The van der Waals surface area contributed by atoms with Crippen molar-refractivity contribution in [1.29, 1.82) is 0 Å². The van der Waals surface area contributed by atoms with Gasteiger partial charge >= 0.3 is 0 Å². The van der Waals surface area contributed by atoms with Gasteiger partial charge in [0.2, 0.25) is 0 Å². The third-order valence-electron chi connectivity index (χ3n) is 22.1. The van der Waals surface area contributed by atoms with Crippen LogP contribution in [0.1, 0.15) is 5.56 Å². The molecule has 0 bridgehead atoms. The van der Waals surface area contributed by atoms with E-state index in [9.17, 15) is 25.5 Å². The van der Waals surface area contributed by atoms with E-state index in [1.54, 1.807) is 130 Å². The molecule has 20 rings (SSSR count). The van der Waals surface area contributed by atoms with Gasteiger partial charge in [0.15, 0.2) is 87.4 Å². The van der Waals surface area contributed by atoms with Gasteiger partial charge in [-0.25, -0.2) is 74.8 Å². The molecule has 0 fully saturated rings. The standard InChI is InChI=1S/C24H21N3O3.2C23H19N3O3.2C22H17N3O2/c1-15-5-4-6-20(21(15)28)24-26-22(16-7-11-18(29-2)12-8-16)25-23(27-24)17-9-13-19(30-3)14-10-17;1-28-17-11-7-15(8-12-17)21-24-22(16-9-13-18(29-2)14-10-16)26-23(25-21)19-5-3-4-6-20(19)27;1-28-17-10-8-16(9-11-17)22-24-21(15-6-4-3-5-7-15)25-23(26-22)19-13-12-18(29-2)14-20(19)27;1-27-19-14-8-6-12-17(19)22-24-20(15-9-3-2-4-10-15)23-21(25-22)16-11-5-7-13-18(16)26;1-27-17-13-11-16(12-14-17)21-23-20(15-7-3-2-4-8-15)24-22(25-21)18-9-5-6-10-19(18)26/h4-14,28H,1-3H3;2*3-14,27H,1-2H3;2*2-14,26H,1H3. The average Bonchev–Trinajstić information content (AvgIpc) is 0.806. The number of benzene rings is 15. The number of phenolic OH excluding ortho intramolecular Hbond substituents is 5. The van der Waals surface area contributed by atoms with Gasteiger partial charge < -0.3 is 63.4 Å². The minimum absolute atomic E-state index is 0.0373. The van der Waals surface area contributed by atoms with E-state index in [1.165, 1.54) is 6.07 Å². The van der Waals surface area contributed by atoms with Crippen molar-refractivity contribution >= 4 is 0 Å². The lowest BCUT2D eigenvalue weighted by atomic mass is 10.1. The molecule has 0 saturated heterocycles. The van der Waals surface area contributed by atoms with Crippen LogP contribution in [0.2, 0.25) is 0 Å². The van der Waals surface area contributed by atoms with Gasteiger partial charge in [-0.2, -0.15) is 0 Å². The van der Waals surface area contributed by atoms with Gasteiger partial charge in [-0.3, -0.25) is 0 Å². The lowest BCUT2D eigenvalue weighted by Gasteiger charge is -2.11. The van der Waals surface area contributed by atoms with E-state index in [4.69, 9.17) is 37.9 Å². The van der Waals surface area contributed by atoms with Crippen LogP contribution in [0, 0.1) is 6.92 Å². The Bertz CT molecular complexity index is 7490. The molecule has 20 aromatic rings. The topological polar surface area (TPSA) is 368 Å². The number of aromatic hydroxyl groups is 5. The maximum Gasteiger partial charge on any atom is 0.167 e. The van der Waals surface area contributed by atoms with Gasteiger partial charge in [-0.1, -0.05) is 152 Å². The van der Waals surface area contributed by atoms with E-state index in [0.717, 1.165) is 95.7 Å². The van der Waals surface area contributed by atoms with E-state index in [1.807, 2.05) is 298 Å². The first kappa shape index (κ1) is 95.9. The third-order valence-corrected chi connectivity index (χ3v) is 22.1. The van der Waals surface area contributed by atoms with Crippen LogP contribution in [0.25, 0.3) is 171 Å². The molecule has 5 N–H and O–H groups in total. The predicted molar refractivity (Wildman–Crippen MR) is 546 cm³/mol. The molecule has 0 atom stereocenters.